The molecule has 7 heteroatoms. The number of hydrogen-bond donors (Lipinski definition) is 0. The summed E-state index contributed by atoms with van der Waals surface area (Å²) in [5.41, 5.74) is 1.03. The van der Waals surface area contributed by atoms with Crippen LogP contribution in [0.5, 0.6) is 0 Å². The van der Waals surface area contributed by atoms with Crippen molar-refractivity contribution in [3.05, 3.63) is 59.7 Å². The van der Waals surface area contributed by atoms with Crippen molar-refractivity contribution < 1.29 is 22.8 Å². The molecule has 0 unspecified atom stereocenters. The van der Waals surface area contributed by atoms with E-state index >= 15 is 0 Å². The quantitative estimate of drug-likeness (QED) is 0.811. The van der Waals surface area contributed by atoms with Crippen molar-refractivity contribution in [3.63, 3.8) is 0 Å². The molecule has 2 aromatic rings. The molecule has 0 N–H and O–H groups in total. The van der Waals surface area contributed by atoms with E-state index in [2.05, 4.69) is 0 Å². The average molecular weight is 376 g/mol. The molecule has 3 rings (SSSR count). The summed E-state index contributed by atoms with van der Waals surface area (Å²) >= 11 is 0. The van der Waals surface area contributed by atoms with Gasteiger partial charge in [0.2, 0.25) is 11.8 Å². The van der Waals surface area contributed by atoms with Crippen molar-refractivity contribution in [1.82, 2.24) is 0 Å². The monoisotopic (exact) mass is 376 g/mol. The lowest BCUT2D eigenvalue weighted by Gasteiger charge is -2.31. The van der Waals surface area contributed by atoms with Gasteiger partial charge in [0.05, 0.1) is 5.56 Å². The molecule has 2 aromatic carbocycles. The second-order valence-corrected chi connectivity index (χ2v) is 6.43. The third-order valence-electron chi connectivity index (χ3n) is 4.57. The fourth-order valence-electron chi connectivity index (χ4n) is 3.25. The van der Waals surface area contributed by atoms with Crippen LogP contribution in [0.4, 0.5) is 24.5 Å². The third kappa shape index (κ3) is 4.13. The minimum atomic E-state index is -4.52. The van der Waals surface area contributed by atoms with Gasteiger partial charge in [0.15, 0.2) is 0 Å². The highest BCUT2D eigenvalue weighted by molar-refractivity contribution is 6.03. The van der Waals surface area contributed by atoms with Crippen LogP contribution in [0.2, 0.25) is 0 Å². The summed E-state index contributed by atoms with van der Waals surface area (Å²) in [4.78, 5) is 27.6. The van der Waals surface area contributed by atoms with E-state index in [9.17, 15) is 22.8 Å². The topological polar surface area (TPSA) is 40.6 Å². The first-order chi connectivity index (χ1) is 12.8. The fraction of sp³-hybridized carbons (Fsp3) is 0.300. The van der Waals surface area contributed by atoms with Crippen LogP contribution in [0, 0.1) is 0 Å². The summed E-state index contributed by atoms with van der Waals surface area (Å²) in [5, 5.41) is 0. The van der Waals surface area contributed by atoms with Gasteiger partial charge in [-0.3, -0.25) is 9.59 Å². The SMILES string of the molecule is CC(=O)N(CC(=O)N1CCCc2ccccc21)c1cccc(C(F)(F)F)c1. The number of hydrogen-bond acceptors (Lipinski definition) is 2. The fourth-order valence-corrected chi connectivity index (χ4v) is 3.25. The van der Waals surface area contributed by atoms with Gasteiger partial charge in [-0.2, -0.15) is 13.2 Å². The molecule has 2 amide bonds. The van der Waals surface area contributed by atoms with Crippen LogP contribution in [-0.4, -0.2) is 24.9 Å². The summed E-state index contributed by atoms with van der Waals surface area (Å²) < 4.78 is 38.9. The predicted molar refractivity (Wildman–Crippen MR) is 96.6 cm³/mol. The van der Waals surface area contributed by atoms with E-state index in [-0.39, 0.29) is 18.1 Å². The summed E-state index contributed by atoms with van der Waals surface area (Å²) in [7, 11) is 0. The first-order valence-electron chi connectivity index (χ1n) is 8.61. The Morgan fingerprint density at radius 2 is 1.85 bits per heavy atom. The number of para-hydroxylation sites is 1. The number of aryl methyl sites for hydroxylation is 1. The number of carbonyl (C=O) groups excluding carboxylic acids is 2. The maximum absolute atomic E-state index is 13.0. The lowest BCUT2D eigenvalue weighted by atomic mass is 10.0. The number of benzene rings is 2. The van der Waals surface area contributed by atoms with Crippen LogP contribution in [-0.2, 0) is 22.2 Å². The molecule has 142 valence electrons. The summed E-state index contributed by atoms with van der Waals surface area (Å²) in [5.74, 6) is -0.817. The smallest absolute Gasteiger partial charge is 0.311 e. The van der Waals surface area contributed by atoms with Crippen molar-refractivity contribution in [2.24, 2.45) is 0 Å². The molecule has 4 nitrogen and oxygen atoms in total. The number of carbonyl (C=O) groups is 2. The zero-order chi connectivity index (χ0) is 19.6. The Labute approximate surface area is 155 Å². The van der Waals surface area contributed by atoms with E-state index in [0.29, 0.717) is 6.54 Å². The van der Waals surface area contributed by atoms with Gasteiger partial charge < -0.3 is 9.80 Å². The molecule has 0 saturated carbocycles. The van der Waals surface area contributed by atoms with Crippen molar-refractivity contribution in [1.29, 1.82) is 0 Å². The first kappa shape index (κ1) is 18.9. The second kappa shape index (κ2) is 7.42. The van der Waals surface area contributed by atoms with E-state index in [1.807, 2.05) is 24.3 Å². The van der Waals surface area contributed by atoms with Gasteiger partial charge >= 0.3 is 6.18 Å². The Hall–Kier alpha value is -2.83. The Morgan fingerprint density at radius 1 is 1.11 bits per heavy atom. The maximum atomic E-state index is 13.0. The molecule has 0 atom stereocenters. The van der Waals surface area contributed by atoms with Crippen LogP contribution >= 0.6 is 0 Å². The highest BCUT2D eigenvalue weighted by Gasteiger charge is 2.32. The molecule has 0 aromatic heterocycles. The van der Waals surface area contributed by atoms with Crippen LogP contribution in [0.15, 0.2) is 48.5 Å². The molecular weight excluding hydrogens is 357 g/mol. The Morgan fingerprint density at radius 3 is 2.56 bits per heavy atom. The van der Waals surface area contributed by atoms with Crippen LogP contribution in [0.25, 0.3) is 0 Å². The van der Waals surface area contributed by atoms with E-state index in [1.165, 1.54) is 19.1 Å². The zero-order valence-electron chi connectivity index (χ0n) is 14.8. The van der Waals surface area contributed by atoms with E-state index in [4.69, 9.17) is 0 Å². The molecule has 1 heterocycles. The summed E-state index contributed by atoms with van der Waals surface area (Å²) in [6, 6.07) is 12.0. The summed E-state index contributed by atoms with van der Waals surface area (Å²) in [6.07, 6.45) is -2.86. The maximum Gasteiger partial charge on any atom is 0.416 e. The lowest BCUT2D eigenvalue weighted by molar-refractivity contribution is -0.137. The highest BCUT2D eigenvalue weighted by Crippen LogP contribution is 2.32. The van der Waals surface area contributed by atoms with Crippen molar-refractivity contribution >= 4 is 23.2 Å². The molecule has 1 aliphatic heterocycles. The predicted octanol–water partition coefficient (Wildman–Crippen LogP) is 4.04. The van der Waals surface area contributed by atoms with E-state index < -0.39 is 17.6 Å². The van der Waals surface area contributed by atoms with Crippen molar-refractivity contribution in [3.8, 4) is 0 Å². The largest absolute Gasteiger partial charge is 0.416 e. The third-order valence-corrected chi connectivity index (χ3v) is 4.57. The number of nitrogens with zero attached hydrogens (tertiary/aromatic N) is 2. The van der Waals surface area contributed by atoms with Crippen LogP contribution in [0.1, 0.15) is 24.5 Å². The Bertz CT molecular complexity index is 864. The molecule has 0 spiro atoms. The molecule has 27 heavy (non-hydrogen) atoms. The minimum Gasteiger partial charge on any atom is -0.311 e. The molecule has 1 aliphatic rings. The van der Waals surface area contributed by atoms with Gasteiger partial charge in [-0.05, 0) is 42.7 Å². The molecule has 0 radical (unpaired) electrons. The number of fused-ring (bicyclic) bond motifs is 1. The van der Waals surface area contributed by atoms with E-state index in [0.717, 1.165) is 41.1 Å². The minimum absolute atomic E-state index is 0.0518. The Balaban J connectivity index is 1.86. The van der Waals surface area contributed by atoms with Gasteiger partial charge in [-0.15, -0.1) is 0 Å². The number of anilines is 2. The highest BCUT2D eigenvalue weighted by atomic mass is 19.4. The molecule has 0 saturated heterocycles. The lowest BCUT2D eigenvalue weighted by Crippen LogP contribution is -2.44. The normalized spacial score (nSPS) is 13.9. The first-order valence-corrected chi connectivity index (χ1v) is 8.61. The van der Waals surface area contributed by atoms with Gasteiger partial charge in [-0.1, -0.05) is 24.3 Å². The number of amides is 2. The van der Waals surface area contributed by atoms with Gasteiger partial charge in [-0.25, -0.2) is 0 Å². The number of rotatable bonds is 3. The van der Waals surface area contributed by atoms with Gasteiger partial charge in [0.25, 0.3) is 0 Å². The standard InChI is InChI=1S/C20H19F3N2O2/c1-14(26)25(17-9-4-8-16(12-17)20(21,22)23)13-19(27)24-11-5-7-15-6-2-3-10-18(15)24/h2-4,6,8-10,12H,5,7,11,13H2,1H3. The second-order valence-electron chi connectivity index (χ2n) is 6.43. The van der Waals surface area contributed by atoms with E-state index in [1.54, 1.807) is 4.90 Å². The Kier molecular flexibility index (Phi) is 5.21. The average Bonchev–Trinajstić information content (AvgIpc) is 2.64. The zero-order valence-corrected chi connectivity index (χ0v) is 14.8. The van der Waals surface area contributed by atoms with Crippen molar-refractivity contribution in [2.45, 2.75) is 25.9 Å². The number of alkyl halides is 3. The van der Waals surface area contributed by atoms with Crippen LogP contribution in [0.3, 0.4) is 0 Å². The van der Waals surface area contributed by atoms with Gasteiger partial charge in [0.1, 0.15) is 6.54 Å². The number of halogens is 3. The summed E-state index contributed by atoms with van der Waals surface area (Å²) in [6.45, 7) is 1.44. The molecular formula is C20H19F3N2O2. The molecule has 0 aliphatic carbocycles. The van der Waals surface area contributed by atoms with Crippen molar-refractivity contribution in [2.75, 3.05) is 22.9 Å². The molecule has 0 fully saturated rings. The van der Waals surface area contributed by atoms with Crippen LogP contribution < -0.4 is 9.80 Å². The van der Waals surface area contributed by atoms with Gasteiger partial charge in [0, 0.05) is 24.8 Å². The molecule has 0 bridgehead atoms.